The maximum absolute atomic E-state index is 9.29. The van der Waals surface area contributed by atoms with Crippen LogP contribution in [-0.2, 0) is 6.61 Å². The highest BCUT2D eigenvalue weighted by Gasteiger charge is 2.23. The molecule has 1 unspecified atom stereocenters. The summed E-state index contributed by atoms with van der Waals surface area (Å²) < 4.78 is 0. The standard InChI is InChI=1S/C11H17N3O2/c15-7-9-5-12-11(13-6-9)14-4-2-1-3-10(14)8-16/h5-6,10,15-16H,1-4,7-8H2. The van der Waals surface area contributed by atoms with Crippen molar-refractivity contribution in [1.29, 1.82) is 0 Å². The second-order valence-corrected chi connectivity index (χ2v) is 4.08. The molecule has 1 aromatic rings. The zero-order valence-corrected chi connectivity index (χ0v) is 9.21. The van der Waals surface area contributed by atoms with Gasteiger partial charge in [0.1, 0.15) is 0 Å². The van der Waals surface area contributed by atoms with E-state index < -0.39 is 0 Å². The normalized spacial score (nSPS) is 21.1. The second kappa shape index (κ2) is 5.23. The van der Waals surface area contributed by atoms with E-state index in [1.165, 1.54) is 0 Å². The van der Waals surface area contributed by atoms with E-state index in [1.54, 1.807) is 12.4 Å². The van der Waals surface area contributed by atoms with Gasteiger partial charge < -0.3 is 15.1 Å². The van der Waals surface area contributed by atoms with Crippen molar-refractivity contribution in [2.45, 2.75) is 31.9 Å². The van der Waals surface area contributed by atoms with Gasteiger partial charge in [0.05, 0.1) is 19.3 Å². The van der Waals surface area contributed by atoms with Gasteiger partial charge in [-0.25, -0.2) is 9.97 Å². The van der Waals surface area contributed by atoms with Gasteiger partial charge in [0, 0.05) is 24.5 Å². The smallest absolute Gasteiger partial charge is 0.225 e. The van der Waals surface area contributed by atoms with E-state index in [-0.39, 0.29) is 19.3 Å². The van der Waals surface area contributed by atoms with Crippen molar-refractivity contribution in [3.8, 4) is 0 Å². The third-order valence-corrected chi connectivity index (χ3v) is 2.97. The van der Waals surface area contributed by atoms with Crippen LogP contribution in [0.2, 0.25) is 0 Å². The predicted molar refractivity (Wildman–Crippen MR) is 60.0 cm³/mol. The molecule has 0 bridgehead atoms. The Morgan fingerprint density at radius 2 is 2.00 bits per heavy atom. The van der Waals surface area contributed by atoms with Gasteiger partial charge in [0.2, 0.25) is 5.95 Å². The van der Waals surface area contributed by atoms with E-state index in [0.717, 1.165) is 25.8 Å². The van der Waals surface area contributed by atoms with E-state index in [0.29, 0.717) is 11.5 Å². The minimum absolute atomic E-state index is 0.0380. The summed E-state index contributed by atoms with van der Waals surface area (Å²) in [4.78, 5) is 10.5. The van der Waals surface area contributed by atoms with Crippen LogP contribution in [0.5, 0.6) is 0 Å². The molecular formula is C11H17N3O2. The first-order valence-corrected chi connectivity index (χ1v) is 5.64. The molecule has 0 saturated carbocycles. The number of hydrogen-bond donors (Lipinski definition) is 2. The van der Waals surface area contributed by atoms with Crippen molar-refractivity contribution < 1.29 is 10.2 Å². The minimum atomic E-state index is -0.0380. The van der Waals surface area contributed by atoms with E-state index in [1.807, 2.05) is 4.90 Å². The summed E-state index contributed by atoms with van der Waals surface area (Å²) >= 11 is 0. The number of anilines is 1. The number of aliphatic hydroxyl groups excluding tert-OH is 2. The van der Waals surface area contributed by atoms with Crippen LogP contribution in [0.15, 0.2) is 12.4 Å². The molecule has 0 amide bonds. The van der Waals surface area contributed by atoms with Crippen LogP contribution in [-0.4, -0.2) is 39.4 Å². The lowest BCUT2D eigenvalue weighted by atomic mass is 10.0. The molecule has 2 rings (SSSR count). The summed E-state index contributed by atoms with van der Waals surface area (Å²) in [6.45, 7) is 0.999. The summed E-state index contributed by atoms with van der Waals surface area (Å²) in [5.74, 6) is 0.649. The Hall–Kier alpha value is -1.20. The Kier molecular flexibility index (Phi) is 3.69. The molecule has 5 nitrogen and oxygen atoms in total. The molecule has 0 radical (unpaired) electrons. The van der Waals surface area contributed by atoms with Gasteiger partial charge in [-0.2, -0.15) is 0 Å². The summed E-state index contributed by atoms with van der Waals surface area (Å²) in [5.41, 5.74) is 0.710. The van der Waals surface area contributed by atoms with Crippen molar-refractivity contribution in [1.82, 2.24) is 9.97 Å². The van der Waals surface area contributed by atoms with Gasteiger partial charge >= 0.3 is 0 Å². The summed E-state index contributed by atoms with van der Waals surface area (Å²) in [6, 6.07) is 0.133. The molecule has 5 heteroatoms. The Bertz CT molecular complexity index is 329. The number of piperidine rings is 1. The highest BCUT2D eigenvalue weighted by molar-refractivity contribution is 5.32. The van der Waals surface area contributed by atoms with Crippen LogP contribution in [0.25, 0.3) is 0 Å². The van der Waals surface area contributed by atoms with Crippen molar-refractivity contribution in [3.63, 3.8) is 0 Å². The zero-order chi connectivity index (χ0) is 11.4. The number of hydrogen-bond acceptors (Lipinski definition) is 5. The van der Waals surface area contributed by atoms with Gasteiger partial charge in [-0.3, -0.25) is 0 Å². The average Bonchev–Trinajstić information content (AvgIpc) is 2.39. The van der Waals surface area contributed by atoms with Crippen molar-refractivity contribution in [3.05, 3.63) is 18.0 Å². The SMILES string of the molecule is OCc1cnc(N2CCCCC2CO)nc1. The molecule has 1 aliphatic rings. The Morgan fingerprint density at radius 1 is 1.25 bits per heavy atom. The Labute approximate surface area is 94.8 Å². The molecular weight excluding hydrogens is 206 g/mol. The molecule has 1 aliphatic heterocycles. The summed E-state index contributed by atoms with van der Waals surface area (Å²) in [6.07, 6.45) is 6.51. The van der Waals surface area contributed by atoms with Gasteiger partial charge in [-0.05, 0) is 19.3 Å². The Morgan fingerprint density at radius 3 is 2.62 bits per heavy atom. The summed E-state index contributed by atoms with van der Waals surface area (Å²) in [5, 5.41) is 18.2. The third kappa shape index (κ3) is 2.31. The molecule has 0 aliphatic carbocycles. The van der Waals surface area contributed by atoms with E-state index in [9.17, 15) is 5.11 Å². The number of nitrogens with zero attached hydrogens (tertiary/aromatic N) is 3. The minimum Gasteiger partial charge on any atom is -0.394 e. The van der Waals surface area contributed by atoms with Crippen LogP contribution < -0.4 is 4.90 Å². The topological polar surface area (TPSA) is 69.5 Å². The van der Waals surface area contributed by atoms with Gasteiger partial charge in [-0.15, -0.1) is 0 Å². The second-order valence-electron chi connectivity index (χ2n) is 4.08. The highest BCUT2D eigenvalue weighted by Crippen LogP contribution is 2.20. The van der Waals surface area contributed by atoms with Gasteiger partial charge in [0.15, 0.2) is 0 Å². The van der Waals surface area contributed by atoms with Crippen LogP contribution in [0.3, 0.4) is 0 Å². The first-order valence-electron chi connectivity index (χ1n) is 5.64. The number of aliphatic hydroxyl groups is 2. The molecule has 1 fully saturated rings. The van der Waals surface area contributed by atoms with Crippen LogP contribution >= 0.6 is 0 Å². The van der Waals surface area contributed by atoms with Crippen molar-refractivity contribution >= 4 is 5.95 Å². The lowest BCUT2D eigenvalue weighted by Crippen LogP contribution is -2.42. The number of aromatic nitrogens is 2. The molecule has 16 heavy (non-hydrogen) atoms. The maximum Gasteiger partial charge on any atom is 0.225 e. The first-order chi connectivity index (χ1) is 7.85. The van der Waals surface area contributed by atoms with E-state index in [2.05, 4.69) is 9.97 Å². The zero-order valence-electron chi connectivity index (χ0n) is 9.21. The van der Waals surface area contributed by atoms with E-state index in [4.69, 9.17) is 5.11 Å². The van der Waals surface area contributed by atoms with Gasteiger partial charge in [0.25, 0.3) is 0 Å². The fourth-order valence-electron chi connectivity index (χ4n) is 2.03. The molecule has 0 spiro atoms. The van der Waals surface area contributed by atoms with Crippen LogP contribution in [0.4, 0.5) is 5.95 Å². The van der Waals surface area contributed by atoms with E-state index >= 15 is 0 Å². The molecule has 1 atom stereocenters. The predicted octanol–water partition coefficient (Wildman–Crippen LogP) is 0.320. The van der Waals surface area contributed by atoms with Crippen LogP contribution in [0, 0.1) is 0 Å². The molecule has 2 N–H and O–H groups in total. The monoisotopic (exact) mass is 223 g/mol. The lowest BCUT2D eigenvalue weighted by Gasteiger charge is -2.34. The molecule has 0 aromatic carbocycles. The fraction of sp³-hybridized carbons (Fsp3) is 0.636. The lowest BCUT2D eigenvalue weighted by molar-refractivity contribution is 0.238. The summed E-state index contributed by atoms with van der Waals surface area (Å²) in [7, 11) is 0. The molecule has 88 valence electrons. The number of rotatable bonds is 3. The van der Waals surface area contributed by atoms with Crippen molar-refractivity contribution in [2.75, 3.05) is 18.1 Å². The highest BCUT2D eigenvalue weighted by atomic mass is 16.3. The molecule has 1 saturated heterocycles. The molecule has 2 heterocycles. The molecule has 1 aromatic heterocycles. The Balaban J connectivity index is 2.14. The van der Waals surface area contributed by atoms with Crippen LogP contribution in [0.1, 0.15) is 24.8 Å². The van der Waals surface area contributed by atoms with Crippen molar-refractivity contribution in [2.24, 2.45) is 0 Å². The average molecular weight is 223 g/mol. The fourth-order valence-corrected chi connectivity index (χ4v) is 2.03. The quantitative estimate of drug-likeness (QED) is 0.772. The largest absolute Gasteiger partial charge is 0.394 e. The third-order valence-electron chi connectivity index (χ3n) is 2.97. The van der Waals surface area contributed by atoms with Gasteiger partial charge in [-0.1, -0.05) is 0 Å². The first kappa shape index (κ1) is 11.3. The maximum atomic E-state index is 9.29.